The molecule has 2 bridgehead atoms. The Labute approximate surface area is 86.3 Å². The largest absolute Gasteiger partial charge is 0.388 e. The summed E-state index contributed by atoms with van der Waals surface area (Å²) in [5, 5.41) is 10.3. The molecule has 2 fully saturated rings. The summed E-state index contributed by atoms with van der Waals surface area (Å²) in [5.41, 5.74) is 5.11. The molecular weight excluding hydrogens is 176 g/mol. The quantitative estimate of drug-likeness (QED) is 0.682. The van der Waals surface area contributed by atoms with Crippen LogP contribution >= 0.6 is 0 Å². The molecule has 0 amide bonds. The summed E-state index contributed by atoms with van der Waals surface area (Å²) in [5.74, 6) is 0.411. The van der Waals surface area contributed by atoms with Crippen LogP contribution in [0.1, 0.15) is 33.1 Å². The summed E-state index contributed by atoms with van der Waals surface area (Å²) in [6.07, 6.45) is 3.15. The maximum atomic E-state index is 10.3. The topological polar surface area (TPSA) is 49.5 Å². The molecule has 1 aliphatic heterocycles. The first-order valence-corrected chi connectivity index (χ1v) is 5.75. The third kappa shape index (κ3) is 1.47. The minimum Gasteiger partial charge on any atom is -0.388 e. The van der Waals surface area contributed by atoms with Gasteiger partial charge in [-0.1, -0.05) is 0 Å². The zero-order chi connectivity index (χ0) is 10.3. The fraction of sp³-hybridized carbons (Fsp3) is 1.00. The van der Waals surface area contributed by atoms with Gasteiger partial charge in [-0.25, -0.2) is 0 Å². The average molecular weight is 198 g/mol. The minimum atomic E-state index is -0.569. The van der Waals surface area contributed by atoms with Gasteiger partial charge in [-0.2, -0.15) is 0 Å². The van der Waals surface area contributed by atoms with Crippen molar-refractivity contribution in [2.75, 3.05) is 13.1 Å². The minimum absolute atomic E-state index is 0.411. The van der Waals surface area contributed by atoms with Gasteiger partial charge in [0.15, 0.2) is 0 Å². The van der Waals surface area contributed by atoms with Crippen molar-refractivity contribution in [1.82, 2.24) is 4.90 Å². The van der Waals surface area contributed by atoms with Crippen molar-refractivity contribution < 1.29 is 5.11 Å². The summed E-state index contributed by atoms with van der Waals surface area (Å²) in [6.45, 7) is 5.94. The van der Waals surface area contributed by atoms with Crippen LogP contribution < -0.4 is 5.73 Å². The predicted molar refractivity (Wildman–Crippen MR) is 57.0 cm³/mol. The second-order valence-corrected chi connectivity index (χ2v) is 5.22. The third-order valence-corrected chi connectivity index (χ3v) is 4.14. The van der Waals surface area contributed by atoms with E-state index in [9.17, 15) is 5.11 Å². The number of rotatable bonds is 2. The second-order valence-electron chi connectivity index (χ2n) is 5.22. The molecule has 1 heterocycles. The second kappa shape index (κ2) is 3.47. The van der Waals surface area contributed by atoms with Crippen molar-refractivity contribution in [3.8, 4) is 0 Å². The maximum Gasteiger partial charge on any atom is 0.0810 e. The van der Waals surface area contributed by atoms with Crippen LogP contribution in [0, 0.1) is 5.92 Å². The van der Waals surface area contributed by atoms with Gasteiger partial charge in [-0.15, -0.1) is 0 Å². The first kappa shape index (κ1) is 10.4. The number of likely N-dealkylation sites (tertiary alicyclic amines) is 1. The summed E-state index contributed by atoms with van der Waals surface area (Å²) < 4.78 is 0. The van der Waals surface area contributed by atoms with Gasteiger partial charge < -0.3 is 10.8 Å². The summed E-state index contributed by atoms with van der Waals surface area (Å²) in [7, 11) is 0. The van der Waals surface area contributed by atoms with E-state index in [1.54, 1.807) is 0 Å². The molecule has 0 aromatic carbocycles. The van der Waals surface area contributed by atoms with Crippen molar-refractivity contribution in [2.24, 2.45) is 11.7 Å². The van der Waals surface area contributed by atoms with Gasteiger partial charge in [0.2, 0.25) is 0 Å². The highest BCUT2D eigenvalue weighted by molar-refractivity contribution is 5.02. The zero-order valence-electron chi connectivity index (χ0n) is 9.24. The Balaban J connectivity index is 2.11. The molecule has 1 saturated carbocycles. The Kier molecular flexibility index (Phi) is 2.58. The lowest BCUT2D eigenvalue weighted by Gasteiger charge is -2.36. The highest BCUT2D eigenvalue weighted by Gasteiger charge is 2.48. The molecule has 3 nitrogen and oxygen atoms in total. The molecule has 2 aliphatic rings. The van der Waals surface area contributed by atoms with Crippen LogP contribution in [0.3, 0.4) is 0 Å². The molecule has 82 valence electrons. The average Bonchev–Trinajstić information content (AvgIpc) is 2.53. The number of fused-ring (bicyclic) bond motifs is 2. The molecule has 2 rings (SSSR count). The Morgan fingerprint density at radius 2 is 2.29 bits per heavy atom. The number of nitrogens with two attached hydrogens (primary N) is 1. The molecule has 0 aromatic rings. The van der Waals surface area contributed by atoms with E-state index in [1.165, 1.54) is 0 Å². The molecule has 14 heavy (non-hydrogen) atoms. The van der Waals surface area contributed by atoms with Crippen LogP contribution in [-0.2, 0) is 0 Å². The Bertz CT molecular complexity index is 219. The maximum absolute atomic E-state index is 10.3. The van der Waals surface area contributed by atoms with Gasteiger partial charge in [0.05, 0.1) is 5.60 Å². The number of aliphatic hydroxyl groups is 1. The third-order valence-electron chi connectivity index (χ3n) is 4.14. The van der Waals surface area contributed by atoms with Crippen LogP contribution in [0.4, 0.5) is 0 Å². The highest BCUT2D eigenvalue weighted by Crippen LogP contribution is 2.42. The Morgan fingerprint density at radius 1 is 1.57 bits per heavy atom. The van der Waals surface area contributed by atoms with Gasteiger partial charge in [0.1, 0.15) is 0 Å². The van der Waals surface area contributed by atoms with Crippen molar-refractivity contribution in [3.05, 3.63) is 0 Å². The Hall–Kier alpha value is -0.120. The normalized spacial score (nSPS) is 43.5. The van der Waals surface area contributed by atoms with E-state index < -0.39 is 5.60 Å². The highest BCUT2D eigenvalue weighted by atomic mass is 16.3. The molecule has 0 aromatic heterocycles. The molecule has 3 unspecified atom stereocenters. The van der Waals surface area contributed by atoms with E-state index in [0.717, 1.165) is 25.8 Å². The van der Waals surface area contributed by atoms with Crippen LogP contribution in [0.25, 0.3) is 0 Å². The molecular formula is C11H22N2O. The molecule has 1 saturated heterocycles. The molecule has 1 aliphatic carbocycles. The van der Waals surface area contributed by atoms with Gasteiger partial charge in [-0.05, 0) is 33.1 Å². The number of hydrogen-bond donors (Lipinski definition) is 2. The smallest absolute Gasteiger partial charge is 0.0810 e. The van der Waals surface area contributed by atoms with Crippen LogP contribution in [0.2, 0.25) is 0 Å². The zero-order valence-corrected chi connectivity index (χ0v) is 9.24. The van der Waals surface area contributed by atoms with Crippen molar-refractivity contribution in [3.63, 3.8) is 0 Å². The van der Waals surface area contributed by atoms with Crippen molar-refractivity contribution in [2.45, 2.75) is 50.8 Å². The SMILES string of the molecule is CC(C)N1CC2CC1CCC2(O)CN. The molecule has 3 atom stereocenters. The fourth-order valence-corrected chi connectivity index (χ4v) is 3.14. The van der Waals surface area contributed by atoms with Crippen molar-refractivity contribution in [1.29, 1.82) is 0 Å². The van der Waals surface area contributed by atoms with E-state index in [1.807, 2.05) is 0 Å². The van der Waals surface area contributed by atoms with Gasteiger partial charge in [0.25, 0.3) is 0 Å². The van der Waals surface area contributed by atoms with Gasteiger partial charge in [-0.3, -0.25) is 4.90 Å². The van der Waals surface area contributed by atoms with E-state index >= 15 is 0 Å². The first-order valence-electron chi connectivity index (χ1n) is 5.75. The molecule has 0 radical (unpaired) electrons. The van der Waals surface area contributed by atoms with E-state index in [2.05, 4.69) is 18.7 Å². The standard InChI is InChI=1S/C11H22N2O/c1-8(2)13-6-9-5-10(13)3-4-11(9,14)7-12/h8-10,14H,3-7,12H2,1-2H3. The van der Waals surface area contributed by atoms with Gasteiger partial charge in [0, 0.05) is 31.1 Å². The lowest BCUT2D eigenvalue weighted by atomic mass is 9.76. The summed E-state index contributed by atoms with van der Waals surface area (Å²) in [4.78, 5) is 2.53. The molecule has 3 N–H and O–H groups in total. The van der Waals surface area contributed by atoms with E-state index in [-0.39, 0.29) is 0 Å². The molecule has 3 heteroatoms. The van der Waals surface area contributed by atoms with Crippen molar-refractivity contribution >= 4 is 0 Å². The summed E-state index contributed by atoms with van der Waals surface area (Å²) >= 11 is 0. The van der Waals surface area contributed by atoms with Crippen LogP contribution in [0.15, 0.2) is 0 Å². The Morgan fingerprint density at radius 3 is 2.86 bits per heavy atom. The fourth-order valence-electron chi connectivity index (χ4n) is 3.14. The monoisotopic (exact) mass is 198 g/mol. The van der Waals surface area contributed by atoms with Gasteiger partial charge >= 0.3 is 0 Å². The lowest BCUT2D eigenvalue weighted by Crippen LogP contribution is -2.47. The van der Waals surface area contributed by atoms with Crippen LogP contribution in [0.5, 0.6) is 0 Å². The van der Waals surface area contributed by atoms with E-state index in [0.29, 0.717) is 24.5 Å². The number of nitrogens with zero attached hydrogens (tertiary/aromatic N) is 1. The van der Waals surface area contributed by atoms with E-state index in [4.69, 9.17) is 5.73 Å². The first-order chi connectivity index (χ1) is 6.57. The summed E-state index contributed by atoms with van der Waals surface area (Å²) in [6, 6.07) is 1.30. The predicted octanol–water partition coefficient (Wildman–Crippen LogP) is 0.569. The molecule has 0 spiro atoms. The lowest BCUT2D eigenvalue weighted by molar-refractivity contribution is -0.0246. The van der Waals surface area contributed by atoms with Crippen LogP contribution in [-0.4, -0.2) is 40.8 Å². The number of hydrogen-bond acceptors (Lipinski definition) is 3.